The van der Waals surface area contributed by atoms with Crippen LogP contribution in [-0.2, 0) is 6.42 Å². The Hall–Kier alpha value is -1.06. The van der Waals surface area contributed by atoms with Crippen LogP contribution in [0, 0.1) is 6.92 Å². The highest BCUT2D eigenvalue weighted by Crippen LogP contribution is 2.18. The van der Waals surface area contributed by atoms with Gasteiger partial charge in [-0.1, -0.05) is 12.1 Å². The first-order valence-electron chi connectivity index (χ1n) is 4.82. The quantitative estimate of drug-likeness (QED) is 0.544. The molecule has 0 amide bonds. The van der Waals surface area contributed by atoms with Gasteiger partial charge in [-0.15, -0.1) is 0 Å². The molecular formula is C11H18N2O. The van der Waals surface area contributed by atoms with E-state index in [2.05, 4.69) is 24.4 Å². The molecule has 1 rings (SSSR count). The van der Waals surface area contributed by atoms with Crippen molar-refractivity contribution in [1.82, 2.24) is 5.32 Å². The van der Waals surface area contributed by atoms with Gasteiger partial charge in [-0.2, -0.15) is 0 Å². The van der Waals surface area contributed by atoms with Crippen LogP contribution < -0.4 is 15.8 Å². The Kier molecular flexibility index (Phi) is 4.43. The SMILES string of the molecule is COc1ccc(CCNCN)cc1C. The molecule has 1 aromatic carbocycles. The maximum absolute atomic E-state index is 5.34. The average Bonchev–Trinajstić information content (AvgIpc) is 2.18. The van der Waals surface area contributed by atoms with Gasteiger partial charge in [0, 0.05) is 13.2 Å². The molecule has 0 saturated carbocycles. The van der Waals surface area contributed by atoms with Crippen molar-refractivity contribution in [1.29, 1.82) is 0 Å². The standard InChI is InChI=1S/C11H18N2O/c1-9-7-10(5-6-13-8-12)3-4-11(9)14-2/h3-4,7,13H,5-6,8,12H2,1-2H3. The third-order valence-electron chi connectivity index (χ3n) is 2.19. The minimum Gasteiger partial charge on any atom is -0.496 e. The molecule has 0 aliphatic carbocycles. The van der Waals surface area contributed by atoms with Gasteiger partial charge in [0.25, 0.3) is 0 Å². The molecule has 3 N–H and O–H groups in total. The summed E-state index contributed by atoms with van der Waals surface area (Å²) in [7, 11) is 1.69. The molecule has 1 aromatic rings. The highest BCUT2D eigenvalue weighted by Gasteiger charge is 1.99. The van der Waals surface area contributed by atoms with Crippen molar-refractivity contribution in [2.75, 3.05) is 20.3 Å². The van der Waals surface area contributed by atoms with E-state index in [-0.39, 0.29) is 0 Å². The third-order valence-corrected chi connectivity index (χ3v) is 2.19. The van der Waals surface area contributed by atoms with Crippen molar-refractivity contribution in [3.8, 4) is 5.75 Å². The molecule has 3 heteroatoms. The lowest BCUT2D eigenvalue weighted by atomic mass is 10.1. The Balaban J connectivity index is 2.57. The van der Waals surface area contributed by atoms with Gasteiger partial charge >= 0.3 is 0 Å². The van der Waals surface area contributed by atoms with E-state index in [0.29, 0.717) is 6.67 Å². The fourth-order valence-corrected chi connectivity index (χ4v) is 1.43. The highest BCUT2D eigenvalue weighted by atomic mass is 16.5. The smallest absolute Gasteiger partial charge is 0.121 e. The number of hydrogen-bond acceptors (Lipinski definition) is 3. The van der Waals surface area contributed by atoms with Gasteiger partial charge in [0.2, 0.25) is 0 Å². The molecule has 0 heterocycles. The van der Waals surface area contributed by atoms with E-state index in [1.165, 1.54) is 11.1 Å². The number of methoxy groups -OCH3 is 1. The Bertz CT molecular complexity index is 287. The van der Waals surface area contributed by atoms with E-state index in [1.54, 1.807) is 7.11 Å². The number of nitrogens with two attached hydrogens (primary N) is 1. The van der Waals surface area contributed by atoms with Crippen LogP contribution in [-0.4, -0.2) is 20.3 Å². The number of hydrogen-bond donors (Lipinski definition) is 2. The van der Waals surface area contributed by atoms with Gasteiger partial charge in [-0.3, -0.25) is 0 Å². The second-order valence-electron chi connectivity index (χ2n) is 3.26. The van der Waals surface area contributed by atoms with E-state index < -0.39 is 0 Å². The molecule has 3 nitrogen and oxygen atoms in total. The van der Waals surface area contributed by atoms with Gasteiger partial charge in [-0.25, -0.2) is 0 Å². The number of rotatable bonds is 5. The van der Waals surface area contributed by atoms with Crippen LogP contribution in [0.25, 0.3) is 0 Å². The first-order valence-corrected chi connectivity index (χ1v) is 4.82. The molecule has 0 saturated heterocycles. The topological polar surface area (TPSA) is 47.3 Å². The van der Waals surface area contributed by atoms with Crippen molar-refractivity contribution in [2.45, 2.75) is 13.3 Å². The zero-order chi connectivity index (χ0) is 10.4. The van der Waals surface area contributed by atoms with Crippen molar-refractivity contribution in [2.24, 2.45) is 5.73 Å². The van der Waals surface area contributed by atoms with Crippen LogP contribution in [0.3, 0.4) is 0 Å². The second kappa shape index (κ2) is 5.62. The maximum atomic E-state index is 5.34. The zero-order valence-corrected chi connectivity index (χ0v) is 8.84. The number of ether oxygens (including phenoxy) is 1. The Labute approximate surface area is 85.3 Å². The van der Waals surface area contributed by atoms with E-state index in [9.17, 15) is 0 Å². The lowest BCUT2D eigenvalue weighted by Gasteiger charge is -2.07. The summed E-state index contributed by atoms with van der Waals surface area (Å²) in [6.45, 7) is 3.51. The molecule has 0 atom stereocenters. The van der Waals surface area contributed by atoms with Crippen LogP contribution in [0.2, 0.25) is 0 Å². The fourth-order valence-electron chi connectivity index (χ4n) is 1.43. The van der Waals surface area contributed by atoms with Gasteiger partial charge in [0.05, 0.1) is 7.11 Å². The van der Waals surface area contributed by atoms with E-state index in [0.717, 1.165) is 18.7 Å². The molecule has 0 aliphatic rings. The van der Waals surface area contributed by atoms with Gasteiger partial charge in [-0.05, 0) is 30.5 Å². The predicted octanol–water partition coefficient (Wildman–Crippen LogP) is 1.05. The van der Waals surface area contributed by atoms with Gasteiger partial charge < -0.3 is 15.8 Å². The lowest BCUT2D eigenvalue weighted by molar-refractivity contribution is 0.411. The summed E-state index contributed by atoms with van der Waals surface area (Å²) in [5.41, 5.74) is 7.83. The van der Waals surface area contributed by atoms with Crippen molar-refractivity contribution >= 4 is 0 Å². The summed E-state index contributed by atoms with van der Waals surface area (Å²) in [5, 5.41) is 3.09. The average molecular weight is 194 g/mol. The van der Waals surface area contributed by atoms with Crippen LogP contribution in [0.15, 0.2) is 18.2 Å². The normalized spacial score (nSPS) is 10.2. The molecule has 0 fully saturated rings. The van der Waals surface area contributed by atoms with E-state index >= 15 is 0 Å². The molecular weight excluding hydrogens is 176 g/mol. The van der Waals surface area contributed by atoms with Crippen LogP contribution in [0.5, 0.6) is 5.75 Å². The molecule has 14 heavy (non-hydrogen) atoms. The van der Waals surface area contributed by atoms with Crippen LogP contribution >= 0.6 is 0 Å². The molecule has 0 bridgehead atoms. The summed E-state index contributed by atoms with van der Waals surface area (Å²) >= 11 is 0. The molecule has 0 spiro atoms. The molecule has 78 valence electrons. The fraction of sp³-hybridized carbons (Fsp3) is 0.455. The van der Waals surface area contributed by atoms with E-state index in [1.807, 2.05) is 6.07 Å². The van der Waals surface area contributed by atoms with E-state index in [4.69, 9.17) is 10.5 Å². The summed E-state index contributed by atoms with van der Waals surface area (Å²) in [4.78, 5) is 0. The monoisotopic (exact) mass is 194 g/mol. The van der Waals surface area contributed by atoms with Crippen LogP contribution in [0.1, 0.15) is 11.1 Å². The summed E-state index contributed by atoms with van der Waals surface area (Å²) in [5.74, 6) is 0.945. The first kappa shape index (κ1) is 11.0. The molecule has 0 radical (unpaired) electrons. The van der Waals surface area contributed by atoms with Gasteiger partial charge in [0.1, 0.15) is 5.75 Å². The van der Waals surface area contributed by atoms with Crippen molar-refractivity contribution < 1.29 is 4.74 Å². The third kappa shape index (κ3) is 3.01. The molecule has 0 aliphatic heterocycles. The number of benzene rings is 1. The summed E-state index contributed by atoms with van der Waals surface area (Å²) < 4.78 is 5.19. The first-order chi connectivity index (χ1) is 6.77. The minimum atomic E-state index is 0.537. The van der Waals surface area contributed by atoms with Gasteiger partial charge in [0.15, 0.2) is 0 Å². The summed E-state index contributed by atoms with van der Waals surface area (Å²) in [6.07, 6.45) is 1.00. The highest BCUT2D eigenvalue weighted by molar-refractivity contribution is 5.36. The molecule has 0 unspecified atom stereocenters. The zero-order valence-electron chi connectivity index (χ0n) is 8.84. The minimum absolute atomic E-state index is 0.537. The Morgan fingerprint density at radius 2 is 2.21 bits per heavy atom. The van der Waals surface area contributed by atoms with Crippen molar-refractivity contribution in [3.05, 3.63) is 29.3 Å². The van der Waals surface area contributed by atoms with Crippen LogP contribution in [0.4, 0.5) is 0 Å². The predicted molar refractivity (Wildman–Crippen MR) is 58.5 cm³/mol. The summed E-state index contributed by atoms with van der Waals surface area (Å²) in [6, 6.07) is 6.24. The van der Waals surface area contributed by atoms with Crippen molar-refractivity contribution in [3.63, 3.8) is 0 Å². The molecule has 0 aromatic heterocycles. The maximum Gasteiger partial charge on any atom is 0.121 e. The lowest BCUT2D eigenvalue weighted by Crippen LogP contribution is -2.24. The Morgan fingerprint density at radius 3 is 2.79 bits per heavy atom. The second-order valence-corrected chi connectivity index (χ2v) is 3.26. The Morgan fingerprint density at radius 1 is 1.43 bits per heavy atom. The largest absolute Gasteiger partial charge is 0.496 e. The number of aryl methyl sites for hydroxylation is 1. The number of nitrogens with one attached hydrogen (secondary N) is 1.